The number of benzene rings is 1. The molecule has 0 spiro atoms. The highest BCUT2D eigenvalue weighted by molar-refractivity contribution is 7.09. The molecule has 0 saturated heterocycles. The molecule has 0 atom stereocenters. The van der Waals surface area contributed by atoms with Crippen LogP contribution in [-0.4, -0.2) is 24.0 Å². The van der Waals surface area contributed by atoms with Gasteiger partial charge in [0.25, 0.3) is 0 Å². The molecule has 0 fully saturated rings. The van der Waals surface area contributed by atoms with Crippen molar-refractivity contribution >= 4 is 17.4 Å². The van der Waals surface area contributed by atoms with Crippen molar-refractivity contribution in [1.29, 1.82) is 0 Å². The quantitative estimate of drug-likeness (QED) is 0.863. The lowest BCUT2D eigenvalue weighted by atomic mass is 10.2. The number of carbonyl (C=O) groups is 1. The predicted molar refractivity (Wildman–Crippen MR) is 87.1 cm³/mol. The number of thiophene rings is 1. The molecule has 0 unspecified atom stereocenters. The van der Waals surface area contributed by atoms with Gasteiger partial charge in [-0.2, -0.15) is 0 Å². The van der Waals surface area contributed by atoms with Crippen molar-refractivity contribution in [2.45, 2.75) is 13.5 Å². The van der Waals surface area contributed by atoms with Crippen LogP contribution in [0.1, 0.15) is 17.4 Å². The molecule has 3 nitrogen and oxygen atoms in total. The van der Waals surface area contributed by atoms with Crippen LogP contribution in [0.5, 0.6) is 0 Å². The first-order chi connectivity index (χ1) is 10.3. The van der Waals surface area contributed by atoms with E-state index in [1.165, 1.54) is 4.88 Å². The van der Waals surface area contributed by atoms with E-state index in [-0.39, 0.29) is 6.03 Å². The molecule has 1 aromatic heterocycles. The third-order valence-corrected chi connectivity index (χ3v) is 3.79. The van der Waals surface area contributed by atoms with Crippen molar-refractivity contribution in [2.75, 3.05) is 13.1 Å². The van der Waals surface area contributed by atoms with Gasteiger partial charge in [0.2, 0.25) is 0 Å². The Bertz CT molecular complexity index is 611. The standard InChI is InChI=1S/C17H18N2OS/c1-2-19(14-16-11-7-13-21-16)17(20)18-12-6-10-15-8-4-3-5-9-15/h3-5,7-9,11,13H,2,12,14H2,1H3,(H,18,20). The molecule has 21 heavy (non-hydrogen) atoms. The Morgan fingerprint density at radius 2 is 2.05 bits per heavy atom. The van der Waals surface area contributed by atoms with Gasteiger partial charge in [0.1, 0.15) is 0 Å². The maximum Gasteiger partial charge on any atom is 0.318 e. The number of nitrogens with one attached hydrogen (secondary N) is 1. The molecule has 108 valence electrons. The Morgan fingerprint density at radius 1 is 1.24 bits per heavy atom. The van der Waals surface area contributed by atoms with Crippen molar-refractivity contribution in [3.05, 3.63) is 58.3 Å². The van der Waals surface area contributed by atoms with Gasteiger partial charge >= 0.3 is 6.03 Å². The number of nitrogens with zero attached hydrogens (tertiary/aromatic N) is 1. The number of hydrogen-bond donors (Lipinski definition) is 1. The summed E-state index contributed by atoms with van der Waals surface area (Å²) in [6, 6.07) is 13.7. The number of rotatable bonds is 4. The second kappa shape index (κ2) is 8.13. The molecule has 0 aliphatic heterocycles. The van der Waals surface area contributed by atoms with Gasteiger partial charge in [-0.1, -0.05) is 36.1 Å². The van der Waals surface area contributed by atoms with Crippen LogP contribution in [0.2, 0.25) is 0 Å². The summed E-state index contributed by atoms with van der Waals surface area (Å²) in [5.74, 6) is 5.99. The summed E-state index contributed by atoms with van der Waals surface area (Å²) in [4.78, 5) is 15.0. The minimum atomic E-state index is -0.0757. The molecule has 1 aromatic carbocycles. The van der Waals surface area contributed by atoms with Gasteiger partial charge in [-0.25, -0.2) is 4.79 Å². The van der Waals surface area contributed by atoms with Gasteiger partial charge in [0.05, 0.1) is 13.1 Å². The summed E-state index contributed by atoms with van der Waals surface area (Å²) in [5, 5.41) is 4.85. The van der Waals surface area contributed by atoms with Crippen LogP contribution in [0.4, 0.5) is 4.79 Å². The minimum absolute atomic E-state index is 0.0757. The number of amides is 2. The zero-order valence-corrected chi connectivity index (χ0v) is 12.8. The summed E-state index contributed by atoms with van der Waals surface area (Å²) in [7, 11) is 0. The van der Waals surface area contributed by atoms with E-state index in [2.05, 4.69) is 17.2 Å². The second-order valence-corrected chi connectivity index (χ2v) is 5.45. The fourth-order valence-corrected chi connectivity index (χ4v) is 2.54. The zero-order chi connectivity index (χ0) is 14.9. The lowest BCUT2D eigenvalue weighted by molar-refractivity contribution is 0.200. The molecule has 1 heterocycles. The summed E-state index contributed by atoms with van der Waals surface area (Å²) < 4.78 is 0. The minimum Gasteiger partial charge on any atom is -0.327 e. The molecule has 1 N–H and O–H groups in total. The van der Waals surface area contributed by atoms with Gasteiger partial charge in [0, 0.05) is 17.0 Å². The van der Waals surface area contributed by atoms with Crippen molar-refractivity contribution in [3.8, 4) is 11.8 Å². The molecule has 0 bridgehead atoms. The van der Waals surface area contributed by atoms with Crippen molar-refractivity contribution in [3.63, 3.8) is 0 Å². The first-order valence-corrected chi connectivity index (χ1v) is 7.76. The molecular weight excluding hydrogens is 280 g/mol. The highest BCUT2D eigenvalue weighted by Gasteiger charge is 2.11. The third-order valence-electron chi connectivity index (χ3n) is 2.93. The van der Waals surface area contributed by atoms with Gasteiger partial charge in [-0.3, -0.25) is 0 Å². The van der Waals surface area contributed by atoms with Crippen LogP contribution in [0.25, 0.3) is 0 Å². The van der Waals surface area contributed by atoms with Crippen LogP contribution in [-0.2, 0) is 6.54 Å². The van der Waals surface area contributed by atoms with E-state index >= 15 is 0 Å². The first-order valence-electron chi connectivity index (χ1n) is 6.88. The monoisotopic (exact) mass is 298 g/mol. The molecule has 2 aromatic rings. The average molecular weight is 298 g/mol. The molecule has 0 aliphatic rings. The highest BCUT2D eigenvalue weighted by Crippen LogP contribution is 2.11. The number of hydrogen-bond acceptors (Lipinski definition) is 2. The Balaban J connectivity index is 1.82. The van der Waals surface area contributed by atoms with Gasteiger partial charge in [0.15, 0.2) is 0 Å². The Hall–Kier alpha value is -2.25. The number of urea groups is 1. The number of carbonyl (C=O) groups excluding carboxylic acids is 1. The first kappa shape index (κ1) is 15.1. The van der Waals surface area contributed by atoms with E-state index < -0.39 is 0 Å². The van der Waals surface area contributed by atoms with E-state index in [0.29, 0.717) is 19.6 Å². The fraction of sp³-hybridized carbons (Fsp3) is 0.235. The molecule has 2 rings (SSSR count). The molecule has 4 heteroatoms. The summed E-state index contributed by atoms with van der Waals surface area (Å²) in [6.45, 7) is 3.65. The highest BCUT2D eigenvalue weighted by atomic mass is 32.1. The van der Waals surface area contributed by atoms with Crippen LogP contribution in [0.3, 0.4) is 0 Å². The summed E-state index contributed by atoms with van der Waals surface area (Å²) >= 11 is 1.66. The van der Waals surface area contributed by atoms with E-state index in [0.717, 1.165) is 5.56 Å². The Morgan fingerprint density at radius 3 is 2.71 bits per heavy atom. The van der Waals surface area contributed by atoms with Crippen LogP contribution >= 0.6 is 11.3 Å². The Labute approximate surface area is 129 Å². The maximum atomic E-state index is 12.1. The fourth-order valence-electron chi connectivity index (χ4n) is 1.82. The smallest absolute Gasteiger partial charge is 0.318 e. The molecule has 0 aliphatic carbocycles. The van der Waals surface area contributed by atoms with E-state index in [1.807, 2.05) is 54.8 Å². The normalized spacial score (nSPS) is 9.57. The SMILES string of the molecule is CCN(Cc1cccs1)C(=O)NCC#Cc1ccccc1. The van der Waals surface area contributed by atoms with Gasteiger partial charge in [-0.05, 0) is 30.5 Å². The Kier molecular flexibility index (Phi) is 5.86. The van der Waals surface area contributed by atoms with Crippen molar-refractivity contribution in [2.24, 2.45) is 0 Å². The predicted octanol–water partition coefficient (Wildman–Crippen LogP) is 3.33. The summed E-state index contributed by atoms with van der Waals surface area (Å²) in [5.41, 5.74) is 0.956. The summed E-state index contributed by atoms with van der Waals surface area (Å²) in [6.07, 6.45) is 0. The lowest BCUT2D eigenvalue weighted by Gasteiger charge is -2.19. The lowest BCUT2D eigenvalue weighted by Crippen LogP contribution is -2.39. The molecule has 0 radical (unpaired) electrons. The maximum absolute atomic E-state index is 12.1. The van der Waals surface area contributed by atoms with Gasteiger partial charge in [-0.15, -0.1) is 11.3 Å². The molecule has 2 amide bonds. The second-order valence-electron chi connectivity index (χ2n) is 4.42. The van der Waals surface area contributed by atoms with Crippen molar-refractivity contribution in [1.82, 2.24) is 10.2 Å². The van der Waals surface area contributed by atoms with E-state index in [9.17, 15) is 4.79 Å². The topological polar surface area (TPSA) is 32.3 Å². The van der Waals surface area contributed by atoms with E-state index in [4.69, 9.17) is 0 Å². The largest absolute Gasteiger partial charge is 0.327 e. The molecular formula is C17H18N2OS. The zero-order valence-electron chi connectivity index (χ0n) is 12.0. The molecule has 0 saturated carbocycles. The van der Waals surface area contributed by atoms with Gasteiger partial charge < -0.3 is 10.2 Å². The van der Waals surface area contributed by atoms with Crippen molar-refractivity contribution < 1.29 is 4.79 Å². The van der Waals surface area contributed by atoms with E-state index in [1.54, 1.807) is 16.2 Å². The van der Waals surface area contributed by atoms with Crippen LogP contribution in [0.15, 0.2) is 47.8 Å². The van der Waals surface area contributed by atoms with Crippen LogP contribution < -0.4 is 5.32 Å². The third kappa shape index (κ3) is 4.97. The van der Waals surface area contributed by atoms with Crippen LogP contribution in [0, 0.1) is 11.8 Å². The average Bonchev–Trinajstić information content (AvgIpc) is 3.03.